The molecule has 1 aliphatic heterocycles. The van der Waals surface area contributed by atoms with Crippen LogP contribution < -0.4 is 0 Å². The minimum absolute atomic E-state index is 0.0217. The Morgan fingerprint density at radius 3 is 2.41 bits per heavy atom. The van der Waals surface area contributed by atoms with Gasteiger partial charge in [0.05, 0.1) is 6.07 Å². The molecular formula is C14H24N2O. The molecule has 4 atom stereocenters. The van der Waals surface area contributed by atoms with Crippen molar-refractivity contribution in [3.05, 3.63) is 0 Å². The molecule has 0 aliphatic carbocycles. The van der Waals surface area contributed by atoms with Crippen LogP contribution in [0.5, 0.6) is 0 Å². The van der Waals surface area contributed by atoms with Crippen molar-refractivity contribution in [3.8, 4) is 6.07 Å². The van der Waals surface area contributed by atoms with Crippen molar-refractivity contribution in [3.63, 3.8) is 0 Å². The summed E-state index contributed by atoms with van der Waals surface area (Å²) in [7, 11) is 0. The van der Waals surface area contributed by atoms with Crippen molar-refractivity contribution in [1.82, 2.24) is 4.90 Å². The zero-order valence-electron chi connectivity index (χ0n) is 11.6. The van der Waals surface area contributed by atoms with Crippen molar-refractivity contribution in [2.45, 2.75) is 47.1 Å². The second kappa shape index (κ2) is 5.53. The lowest BCUT2D eigenvalue weighted by Gasteiger charge is -2.42. The third-order valence-corrected chi connectivity index (χ3v) is 3.95. The number of nitrogens with zero attached hydrogens (tertiary/aromatic N) is 2. The summed E-state index contributed by atoms with van der Waals surface area (Å²) in [6.45, 7) is 11.1. The minimum Gasteiger partial charge on any atom is -0.338 e. The summed E-state index contributed by atoms with van der Waals surface area (Å²) in [4.78, 5) is 14.3. The molecule has 0 aromatic carbocycles. The monoisotopic (exact) mass is 236 g/mol. The van der Waals surface area contributed by atoms with Gasteiger partial charge in [-0.3, -0.25) is 4.79 Å². The molecule has 1 rings (SSSR count). The van der Waals surface area contributed by atoms with Gasteiger partial charge in [-0.1, -0.05) is 27.7 Å². The molecule has 0 spiro atoms. The fraction of sp³-hybridized carbons (Fsp3) is 0.857. The molecule has 1 aliphatic rings. The van der Waals surface area contributed by atoms with E-state index >= 15 is 0 Å². The summed E-state index contributed by atoms with van der Waals surface area (Å²) in [6.07, 6.45) is 1.17. The standard InChI is InChI=1S/C14H24N2O/c1-9(2)13(7-15)14(17)16-8-10(3)6-11(4)12(16)5/h9-13H,6,8H2,1-5H3. The highest BCUT2D eigenvalue weighted by Gasteiger charge is 2.36. The first-order valence-electron chi connectivity index (χ1n) is 6.58. The maximum atomic E-state index is 12.4. The Hall–Kier alpha value is -1.04. The SMILES string of the molecule is CC1CC(C)C(C)N(C(=O)C(C#N)C(C)C)C1. The van der Waals surface area contributed by atoms with E-state index in [9.17, 15) is 4.79 Å². The van der Waals surface area contributed by atoms with Crippen molar-refractivity contribution >= 4 is 5.91 Å². The Bertz CT molecular complexity index is 319. The van der Waals surface area contributed by atoms with Crippen LogP contribution in [0.2, 0.25) is 0 Å². The van der Waals surface area contributed by atoms with Crippen LogP contribution in [0.4, 0.5) is 0 Å². The van der Waals surface area contributed by atoms with E-state index in [4.69, 9.17) is 5.26 Å². The highest BCUT2D eigenvalue weighted by molar-refractivity contribution is 5.81. The Morgan fingerprint density at radius 2 is 1.94 bits per heavy atom. The largest absolute Gasteiger partial charge is 0.338 e. The molecule has 0 aromatic rings. The molecule has 1 fully saturated rings. The summed E-state index contributed by atoms with van der Waals surface area (Å²) in [5.41, 5.74) is 0. The molecule has 4 unspecified atom stereocenters. The smallest absolute Gasteiger partial charge is 0.240 e. The van der Waals surface area contributed by atoms with Gasteiger partial charge in [-0.2, -0.15) is 5.26 Å². The number of nitriles is 1. The quantitative estimate of drug-likeness (QED) is 0.740. The van der Waals surface area contributed by atoms with Crippen molar-refractivity contribution < 1.29 is 4.79 Å². The van der Waals surface area contributed by atoms with E-state index in [1.54, 1.807) is 0 Å². The first kappa shape index (κ1) is 14.0. The van der Waals surface area contributed by atoms with Gasteiger partial charge >= 0.3 is 0 Å². The maximum Gasteiger partial charge on any atom is 0.240 e. The number of rotatable bonds is 2. The number of likely N-dealkylation sites (tertiary alicyclic amines) is 1. The number of piperidine rings is 1. The van der Waals surface area contributed by atoms with Gasteiger partial charge in [0.25, 0.3) is 0 Å². The minimum atomic E-state index is -0.491. The number of amides is 1. The number of hydrogen-bond acceptors (Lipinski definition) is 2. The third-order valence-electron chi connectivity index (χ3n) is 3.95. The van der Waals surface area contributed by atoms with Gasteiger partial charge < -0.3 is 4.90 Å². The lowest BCUT2D eigenvalue weighted by Crippen LogP contribution is -2.51. The first-order valence-corrected chi connectivity index (χ1v) is 6.58. The highest BCUT2D eigenvalue weighted by atomic mass is 16.2. The molecule has 96 valence electrons. The predicted octanol–water partition coefficient (Wildman–Crippen LogP) is 2.68. The number of hydrogen-bond donors (Lipinski definition) is 0. The van der Waals surface area contributed by atoms with Crippen molar-refractivity contribution in [2.75, 3.05) is 6.54 Å². The fourth-order valence-electron chi connectivity index (χ4n) is 2.67. The molecule has 17 heavy (non-hydrogen) atoms. The summed E-state index contributed by atoms with van der Waals surface area (Å²) in [5, 5.41) is 9.12. The Labute approximate surface area is 105 Å². The fourth-order valence-corrected chi connectivity index (χ4v) is 2.67. The summed E-state index contributed by atoms with van der Waals surface area (Å²) in [6, 6.07) is 2.42. The molecule has 3 nitrogen and oxygen atoms in total. The van der Waals surface area contributed by atoms with Gasteiger partial charge in [-0.15, -0.1) is 0 Å². The average molecular weight is 236 g/mol. The third kappa shape index (κ3) is 3.00. The van der Waals surface area contributed by atoms with E-state index in [1.807, 2.05) is 18.7 Å². The predicted molar refractivity (Wildman–Crippen MR) is 68.1 cm³/mol. The van der Waals surface area contributed by atoms with Gasteiger partial charge in [-0.25, -0.2) is 0 Å². The van der Waals surface area contributed by atoms with E-state index in [0.29, 0.717) is 11.8 Å². The lowest BCUT2D eigenvalue weighted by molar-refractivity contribution is -0.140. The second-order valence-corrected chi connectivity index (χ2v) is 5.90. The molecule has 0 saturated carbocycles. The highest BCUT2D eigenvalue weighted by Crippen LogP contribution is 2.29. The Morgan fingerprint density at radius 1 is 1.35 bits per heavy atom. The molecule has 0 aromatic heterocycles. The van der Waals surface area contributed by atoms with E-state index in [0.717, 1.165) is 6.54 Å². The van der Waals surface area contributed by atoms with Crippen LogP contribution in [0.15, 0.2) is 0 Å². The first-order chi connectivity index (χ1) is 7.88. The zero-order valence-corrected chi connectivity index (χ0v) is 11.6. The molecule has 1 heterocycles. The molecule has 1 saturated heterocycles. The molecule has 3 heteroatoms. The number of carbonyl (C=O) groups is 1. The average Bonchev–Trinajstić information content (AvgIpc) is 2.23. The van der Waals surface area contributed by atoms with Crippen LogP contribution in [0.25, 0.3) is 0 Å². The maximum absolute atomic E-state index is 12.4. The molecule has 1 amide bonds. The van der Waals surface area contributed by atoms with E-state index < -0.39 is 5.92 Å². The van der Waals surface area contributed by atoms with Crippen molar-refractivity contribution in [1.29, 1.82) is 5.26 Å². The van der Waals surface area contributed by atoms with Crippen LogP contribution in [0.3, 0.4) is 0 Å². The lowest BCUT2D eigenvalue weighted by atomic mass is 9.84. The van der Waals surface area contributed by atoms with Crippen LogP contribution in [-0.4, -0.2) is 23.4 Å². The van der Waals surface area contributed by atoms with E-state index in [-0.39, 0.29) is 17.9 Å². The summed E-state index contributed by atoms with van der Waals surface area (Å²) >= 11 is 0. The van der Waals surface area contributed by atoms with Crippen molar-refractivity contribution in [2.24, 2.45) is 23.7 Å². The van der Waals surface area contributed by atoms with Crippen LogP contribution in [-0.2, 0) is 4.79 Å². The second-order valence-electron chi connectivity index (χ2n) is 5.90. The van der Waals surface area contributed by atoms with Gasteiger partial charge in [0.2, 0.25) is 5.91 Å². The van der Waals surface area contributed by atoms with Gasteiger partial charge in [-0.05, 0) is 31.1 Å². The van der Waals surface area contributed by atoms with Gasteiger partial charge in [0.1, 0.15) is 5.92 Å². The number of carbonyl (C=O) groups excluding carboxylic acids is 1. The normalized spacial score (nSPS) is 31.1. The molecule has 0 N–H and O–H groups in total. The molecule has 0 bridgehead atoms. The molecule has 0 radical (unpaired) electrons. The van der Waals surface area contributed by atoms with Gasteiger partial charge in [0, 0.05) is 12.6 Å². The Balaban J connectivity index is 2.83. The van der Waals surface area contributed by atoms with Crippen LogP contribution in [0.1, 0.15) is 41.0 Å². The van der Waals surface area contributed by atoms with Crippen LogP contribution >= 0.6 is 0 Å². The topological polar surface area (TPSA) is 44.1 Å². The Kier molecular flexibility index (Phi) is 4.56. The molecular weight excluding hydrogens is 212 g/mol. The summed E-state index contributed by atoms with van der Waals surface area (Å²) < 4.78 is 0. The van der Waals surface area contributed by atoms with E-state index in [1.165, 1.54) is 6.42 Å². The summed E-state index contributed by atoms with van der Waals surface area (Å²) in [5.74, 6) is 0.682. The van der Waals surface area contributed by atoms with Crippen LogP contribution in [0, 0.1) is 35.0 Å². The van der Waals surface area contributed by atoms with Gasteiger partial charge in [0.15, 0.2) is 0 Å². The van der Waals surface area contributed by atoms with E-state index in [2.05, 4.69) is 26.8 Å². The zero-order chi connectivity index (χ0) is 13.2.